The molecule has 0 aliphatic rings. The summed E-state index contributed by atoms with van der Waals surface area (Å²) in [5.74, 6) is 0.797. The maximum absolute atomic E-state index is 12.4. The Kier molecular flexibility index (Phi) is 5.78. The van der Waals surface area contributed by atoms with E-state index in [1.165, 1.54) is 7.11 Å². The minimum atomic E-state index is -0.323. The van der Waals surface area contributed by atoms with Gasteiger partial charge in [-0.25, -0.2) is 4.98 Å². The summed E-state index contributed by atoms with van der Waals surface area (Å²) < 4.78 is 10.4. The van der Waals surface area contributed by atoms with Crippen molar-refractivity contribution in [3.63, 3.8) is 0 Å². The smallest absolute Gasteiger partial charge is 0.274 e. The fourth-order valence-electron chi connectivity index (χ4n) is 2.44. The number of hydrogen-bond donors (Lipinski definition) is 2. The normalized spacial score (nSPS) is 10.2. The van der Waals surface area contributed by atoms with E-state index in [4.69, 9.17) is 21.1 Å². The second-order valence-corrected chi connectivity index (χ2v) is 6.03. The van der Waals surface area contributed by atoms with Crippen LogP contribution in [0.4, 0.5) is 17.1 Å². The van der Waals surface area contributed by atoms with Crippen LogP contribution >= 0.6 is 11.6 Å². The van der Waals surface area contributed by atoms with Gasteiger partial charge in [0.25, 0.3) is 5.91 Å². The molecular formula is C20H18ClN3O3. The zero-order chi connectivity index (χ0) is 19.2. The standard InChI is InChI=1S/C20H18ClN3O3/c1-26-18-9-7-15(11-19(18)27-2)24-20(25)17-8-6-16(12-22-17)23-14-5-3-4-13(21)10-14/h3-12,23H,1-2H3,(H,24,25). The van der Waals surface area contributed by atoms with Crippen LogP contribution in [-0.2, 0) is 0 Å². The van der Waals surface area contributed by atoms with Crippen molar-refractivity contribution < 1.29 is 14.3 Å². The van der Waals surface area contributed by atoms with Gasteiger partial charge in [-0.3, -0.25) is 4.79 Å². The number of nitrogens with zero attached hydrogens (tertiary/aromatic N) is 1. The van der Waals surface area contributed by atoms with E-state index in [1.54, 1.807) is 55.8 Å². The minimum absolute atomic E-state index is 0.293. The van der Waals surface area contributed by atoms with Crippen LogP contribution in [0.5, 0.6) is 11.5 Å². The predicted octanol–water partition coefficient (Wildman–Crippen LogP) is 4.75. The largest absolute Gasteiger partial charge is 0.493 e. The van der Waals surface area contributed by atoms with Crippen molar-refractivity contribution in [1.82, 2.24) is 4.98 Å². The number of anilines is 3. The Hall–Kier alpha value is -3.25. The van der Waals surface area contributed by atoms with Gasteiger partial charge < -0.3 is 20.1 Å². The lowest BCUT2D eigenvalue weighted by molar-refractivity contribution is 0.102. The Labute approximate surface area is 162 Å². The Morgan fingerprint density at radius 2 is 1.70 bits per heavy atom. The number of hydrogen-bond acceptors (Lipinski definition) is 5. The van der Waals surface area contributed by atoms with Gasteiger partial charge in [-0.2, -0.15) is 0 Å². The van der Waals surface area contributed by atoms with Crippen molar-refractivity contribution in [2.75, 3.05) is 24.9 Å². The van der Waals surface area contributed by atoms with Gasteiger partial charge in [0.05, 0.1) is 26.1 Å². The van der Waals surface area contributed by atoms with E-state index >= 15 is 0 Å². The van der Waals surface area contributed by atoms with Crippen molar-refractivity contribution in [2.24, 2.45) is 0 Å². The van der Waals surface area contributed by atoms with Gasteiger partial charge in [0.1, 0.15) is 5.69 Å². The number of benzene rings is 2. The Morgan fingerprint density at radius 1 is 0.926 bits per heavy atom. The average Bonchev–Trinajstić information content (AvgIpc) is 2.68. The Morgan fingerprint density at radius 3 is 2.37 bits per heavy atom. The molecule has 138 valence electrons. The van der Waals surface area contributed by atoms with Crippen molar-refractivity contribution >= 4 is 34.6 Å². The first-order chi connectivity index (χ1) is 13.1. The number of aromatic nitrogens is 1. The molecule has 1 aromatic heterocycles. The number of carbonyl (C=O) groups excluding carboxylic acids is 1. The monoisotopic (exact) mass is 383 g/mol. The van der Waals surface area contributed by atoms with E-state index in [1.807, 2.05) is 12.1 Å². The van der Waals surface area contributed by atoms with E-state index in [0.717, 1.165) is 11.4 Å². The van der Waals surface area contributed by atoms with Gasteiger partial charge in [0.15, 0.2) is 11.5 Å². The second-order valence-electron chi connectivity index (χ2n) is 5.59. The zero-order valence-electron chi connectivity index (χ0n) is 14.8. The molecule has 0 aliphatic heterocycles. The first-order valence-electron chi connectivity index (χ1n) is 8.11. The lowest BCUT2D eigenvalue weighted by Crippen LogP contribution is -2.13. The average molecular weight is 384 g/mol. The highest BCUT2D eigenvalue weighted by Crippen LogP contribution is 2.30. The van der Waals surface area contributed by atoms with E-state index < -0.39 is 0 Å². The molecule has 0 aliphatic carbocycles. The van der Waals surface area contributed by atoms with Crippen LogP contribution in [0.3, 0.4) is 0 Å². The molecule has 6 nitrogen and oxygen atoms in total. The van der Waals surface area contributed by atoms with Crippen LogP contribution in [0.2, 0.25) is 5.02 Å². The molecule has 0 saturated heterocycles. The molecule has 1 heterocycles. The summed E-state index contributed by atoms with van der Waals surface area (Å²) >= 11 is 5.97. The van der Waals surface area contributed by atoms with Gasteiger partial charge >= 0.3 is 0 Å². The molecule has 7 heteroatoms. The number of ether oxygens (including phenoxy) is 2. The van der Waals surface area contributed by atoms with Gasteiger partial charge in [-0.1, -0.05) is 17.7 Å². The highest BCUT2D eigenvalue weighted by Gasteiger charge is 2.10. The third kappa shape index (κ3) is 4.68. The number of methoxy groups -OCH3 is 2. The topological polar surface area (TPSA) is 72.5 Å². The molecule has 0 unspecified atom stereocenters. The molecule has 0 bridgehead atoms. The summed E-state index contributed by atoms with van der Waals surface area (Å²) in [6.45, 7) is 0. The van der Waals surface area contributed by atoms with Crippen LogP contribution in [0, 0.1) is 0 Å². The summed E-state index contributed by atoms with van der Waals surface area (Å²) in [4.78, 5) is 16.6. The van der Waals surface area contributed by atoms with E-state index in [9.17, 15) is 4.79 Å². The molecule has 0 saturated carbocycles. The van der Waals surface area contributed by atoms with Crippen molar-refractivity contribution in [2.45, 2.75) is 0 Å². The van der Waals surface area contributed by atoms with Crippen molar-refractivity contribution in [1.29, 1.82) is 0 Å². The highest BCUT2D eigenvalue weighted by molar-refractivity contribution is 6.30. The fourth-order valence-corrected chi connectivity index (χ4v) is 2.63. The van der Waals surface area contributed by atoms with Gasteiger partial charge in [0, 0.05) is 22.5 Å². The highest BCUT2D eigenvalue weighted by atomic mass is 35.5. The van der Waals surface area contributed by atoms with Crippen LogP contribution < -0.4 is 20.1 Å². The molecule has 0 atom stereocenters. The van der Waals surface area contributed by atoms with E-state index in [0.29, 0.717) is 27.9 Å². The molecule has 1 amide bonds. The maximum atomic E-state index is 12.4. The number of amides is 1. The lowest BCUT2D eigenvalue weighted by Gasteiger charge is -2.11. The first kappa shape index (κ1) is 18.5. The summed E-state index contributed by atoms with van der Waals surface area (Å²) in [6.07, 6.45) is 1.59. The summed E-state index contributed by atoms with van der Waals surface area (Å²) in [7, 11) is 3.09. The maximum Gasteiger partial charge on any atom is 0.274 e. The third-order valence-corrected chi connectivity index (χ3v) is 3.99. The number of rotatable bonds is 6. The molecule has 2 aromatic carbocycles. The van der Waals surface area contributed by atoms with Crippen LogP contribution in [-0.4, -0.2) is 25.1 Å². The Bertz CT molecular complexity index is 945. The molecule has 0 radical (unpaired) electrons. The summed E-state index contributed by atoms with van der Waals surface area (Å²) in [5, 5.41) is 6.60. The quantitative estimate of drug-likeness (QED) is 0.642. The second kappa shape index (κ2) is 8.42. The molecule has 3 rings (SSSR count). The SMILES string of the molecule is COc1ccc(NC(=O)c2ccc(Nc3cccc(Cl)c3)cn2)cc1OC. The molecule has 27 heavy (non-hydrogen) atoms. The molecule has 0 spiro atoms. The van der Waals surface area contributed by atoms with Crippen LogP contribution in [0.1, 0.15) is 10.5 Å². The first-order valence-corrected chi connectivity index (χ1v) is 8.49. The number of halogens is 1. The van der Waals surface area contributed by atoms with Gasteiger partial charge in [-0.15, -0.1) is 0 Å². The van der Waals surface area contributed by atoms with Crippen molar-refractivity contribution in [3.05, 3.63) is 71.5 Å². The van der Waals surface area contributed by atoms with Crippen molar-refractivity contribution in [3.8, 4) is 11.5 Å². The lowest BCUT2D eigenvalue weighted by atomic mass is 10.2. The van der Waals surface area contributed by atoms with E-state index in [2.05, 4.69) is 15.6 Å². The number of carbonyl (C=O) groups is 1. The number of pyridine rings is 1. The number of nitrogens with one attached hydrogen (secondary N) is 2. The van der Waals surface area contributed by atoms with Gasteiger partial charge in [0.2, 0.25) is 0 Å². The molecular weight excluding hydrogens is 366 g/mol. The summed E-state index contributed by atoms with van der Waals surface area (Å²) in [6, 6.07) is 15.9. The third-order valence-electron chi connectivity index (χ3n) is 3.75. The van der Waals surface area contributed by atoms with Gasteiger partial charge in [-0.05, 0) is 42.5 Å². The fraction of sp³-hybridized carbons (Fsp3) is 0.100. The zero-order valence-corrected chi connectivity index (χ0v) is 15.6. The Balaban J connectivity index is 1.68. The predicted molar refractivity (Wildman–Crippen MR) is 106 cm³/mol. The van der Waals surface area contributed by atoms with Crippen LogP contribution in [0.15, 0.2) is 60.8 Å². The summed E-state index contributed by atoms with van der Waals surface area (Å²) in [5.41, 5.74) is 2.47. The van der Waals surface area contributed by atoms with E-state index in [-0.39, 0.29) is 5.91 Å². The van der Waals surface area contributed by atoms with Crippen LogP contribution in [0.25, 0.3) is 0 Å². The molecule has 0 fully saturated rings. The molecule has 3 aromatic rings. The molecule has 2 N–H and O–H groups in total. The minimum Gasteiger partial charge on any atom is -0.493 e.